The highest BCUT2D eigenvalue weighted by Crippen LogP contribution is 2.40. The van der Waals surface area contributed by atoms with Crippen LogP contribution in [0, 0.1) is 0 Å². The van der Waals surface area contributed by atoms with Crippen molar-refractivity contribution in [3.8, 4) is 17.2 Å². The Kier molecular flexibility index (Phi) is 7.81. The largest absolute Gasteiger partial charge is 0.504 e. The van der Waals surface area contributed by atoms with E-state index in [4.69, 9.17) is 14.2 Å². The number of thiazole rings is 1. The molecule has 1 atom stereocenters. The van der Waals surface area contributed by atoms with E-state index < -0.39 is 12.0 Å². The normalized spacial score (nSPS) is 14.9. The number of esters is 1. The van der Waals surface area contributed by atoms with Crippen molar-refractivity contribution in [3.05, 3.63) is 109 Å². The maximum Gasteiger partial charge on any atom is 0.338 e. The van der Waals surface area contributed by atoms with E-state index in [9.17, 15) is 14.7 Å². The molecule has 9 heteroatoms. The maximum absolute atomic E-state index is 14.2. The standard InChI is InChI=1S/C32H30N2O6S/c1-6-10-21-15-19(16-24(39-5)29(21)35)17-25-30(36)34-28(26(31(37)40-7-2)18(3)33-32(34)41-25)27-22-12-9-8-11-20(22)13-14-23(27)38-4/h6,8-9,11-17,28,35H,1,7,10H2,2-5H3/b25-17+/t28-/m0/s1. The molecule has 3 aromatic carbocycles. The summed E-state index contributed by atoms with van der Waals surface area (Å²) in [5, 5.41) is 12.3. The van der Waals surface area contributed by atoms with E-state index in [-0.39, 0.29) is 23.5 Å². The van der Waals surface area contributed by atoms with Crippen molar-refractivity contribution in [1.29, 1.82) is 0 Å². The zero-order chi connectivity index (χ0) is 29.3. The zero-order valence-corrected chi connectivity index (χ0v) is 24.1. The lowest BCUT2D eigenvalue weighted by Crippen LogP contribution is -2.40. The van der Waals surface area contributed by atoms with Gasteiger partial charge in [0.1, 0.15) is 11.8 Å². The molecule has 41 heavy (non-hydrogen) atoms. The lowest BCUT2D eigenvalue weighted by atomic mass is 9.90. The first-order valence-corrected chi connectivity index (χ1v) is 13.9. The van der Waals surface area contributed by atoms with Crippen LogP contribution in [0.5, 0.6) is 17.2 Å². The molecule has 1 aromatic heterocycles. The summed E-state index contributed by atoms with van der Waals surface area (Å²) in [4.78, 5) is 32.7. The van der Waals surface area contributed by atoms with Gasteiger partial charge in [-0.05, 0) is 60.9 Å². The van der Waals surface area contributed by atoms with E-state index in [1.807, 2.05) is 36.4 Å². The summed E-state index contributed by atoms with van der Waals surface area (Å²) in [6.45, 7) is 7.43. The van der Waals surface area contributed by atoms with Crippen molar-refractivity contribution in [2.24, 2.45) is 4.99 Å². The van der Waals surface area contributed by atoms with Crippen LogP contribution in [-0.4, -0.2) is 36.5 Å². The summed E-state index contributed by atoms with van der Waals surface area (Å²) in [5.41, 5.74) is 2.39. The molecule has 1 aliphatic heterocycles. The Morgan fingerprint density at radius 1 is 1.15 bits per heavy atom. The Morgan fingerprint density at radius 3 is 2.61 bits per heavy atom. The number of allylic oxidation sites excluding steroid dienone is 2. The third-order valence-corrected chi connectivity index (χ3v) is 7.98. The average Bonchev–Trinajstić information content (AvgIpc) is 3.27. The number of phenols is 1. The quantitative estimate of drug-likeness (QED) is 0.249. The minimum Gasteiger partial charge on any atom is -0.504 e. The Bertz CT molecular complexity index is 1900. The number of aromatic hydroxyl groups is 1. The van der Waals surface area contributed by atoms with E-state index in [1.165, 1.54) is 18.4 Å². The molecule has 2 heterocycles. The number of ether oxygens (including phenoxy) is 3. The highest BCUT2D eigenvalue weighted by molar-refractivity contribution is 7.07. The predicted octanol–water partition coefficient (Wildman–Crippen LogP) is 4.40. The summed E-state index contributed by atoms with van der Waals surface area (Å²) < 4.78 is 18.6. The molecule has 0 saturated carbocycles. The summed E-state index contributed by atoms with van der Waals surface area (Å²) in [6.07, 6.45) is 3.84. The van der Waals surface area contributed by atoms with Gasteiger partial charge < -0.3 is 19.3 Å². The predicted molar refractivity (Wildman–Crippen MR) is 159 cm³/mol. The summed E-state index contributed by atoms with van der Waals surface area (Å²) >= 11 is 1.22. The molecular weight excluding hydrogens is 540 g/mol. The second-order valence-electron chi connectivity index (χ2n) is 9.43. The van der Waals surface area contributed by atoms with Gasteiger partial charge >= 0.3 is 5.97 Å². The molecule has 8 nitrogen and oxygen atoms in total. The van der Waals surface area contributed by atoms with Crippen LogP contribution in [0.4, 0.5) is 0 Å². The van der Waals surface area contributed by atoms with E-state index in [0.717, 1.165) is 10.8 Å². The molecule has 0 fully saturated rings. The van der Waals surface area contributed by atoms with Gasteiger partial charge in [-0.3, -0.25) is 9.36 Å². The van der Waals surface area contributed by atoms with Crippen molar-refractivity contribution >= 4 is 34.2 Å². The number of aromatic nitrogens is 1. The third kappa shape index (κ3) is 4.93. The van der Waals surface area contributed by atoms with Crippen molar-refractivity contribution in [1.82, 2.24) is 4.57 Å². The molecule has 0 amide bonds. The van der Waals surface area contributed by atoms with E-state index >= 15 is 0 Å². The Morgan fingerprint density at radius 2 is 1.90 bits per heavy atom. The van der Waals surface area contributed by atoms with Gasteiger partial charge in [0.15, 0.2) is 16.3 Å². The van der Waals surface area contributed by atoms with Crippen molar-refractivity contribution in [2.45, 2.75) is 26.3 Å². The highest BCUT2D eigenvalue weighted by Gasteiger charge is 2.36. The Labute approximate surface area is 240 Å². The number of nitrogens with zero attached hydrogens (tertiary/aromatic N) is 2. The van der Waals surface area contributed by atoms with E-state index in [2.05, 4.69) is 11.6 Å². The molecule has 0 bridgehead atoms. The first-order valence-electron chi connectivity index (χ1n) is 13.1. The third-order valence-electron chi connectivity index (χ3n) is 7.00. The number of carbonyl (C=O) groups is 1. The van der Waals surface area contributed by atoms with Crippen LogP contribution in [0.15, 0.2) is 82.2 Å². The van der Waals surface area contributed by atoms with Crippen LogP contribution in [0.25, 0.3) is 16.8 Å². The minimum atomic E-state index is -0.834. The minimum absolute atomic E-state index is 0.0313. The molecule has 1 N–H and O–H groups in total. The van der Waals surface area contributed by atoms with Crippen molar-refractivity contribution in [2.75, 3.05) is 20.8 Å². The number of hydrogen-bond donors (Lipinski definition) is 1. The molecule has 1 aliphatic rings. The highest BCUT2D eigenvalue weighted by atomic mass is 32.1. The van der Waals surface area contributed by atoms with E-state index in [0.29, 0.717) is 49.6 Å². The van der Waals surface area contributed by atoms with Crippen LogP contribution in [0.3, 0.4) is 0 Å². The Balaban J connectivity index is 1.82. The molecule has 4 aromatic rings. The summed E-state index contributed by atoms with van der Waals surface area (Å²) in [6, 6.07) is 14.2. The van der Waals surface area contributed by atoms with Crippen molar-refractivity contribution < 1.29 is 24.1 Å². The number of benzene rings is 3. The summed E-state index contributed by atoms with van der Waals surface area (Å²) in [5.74, 6) is 0.323. The molecular formula is C32H30N2O6S. The van der Waals surface area contributed by atoms with Gasteiger partial charge in [-0.2, -0.15) is 0 Å². The summed E-state index contributed by atoms with van der Waals surface area (Å²) in [7, 11) is 3.04. The van der Waals surface area contributed by atoms with Gasteiger partial charge in [-0.15, -0.1) is 6.58 Å². The molecule has 0 radical (unpaired) electrons. The van der Waals surface area contributed by atoms with Crippen LogP contribution in [0.2, 0.25) is 0 Å². The lowest BCUT2D eigenvalue weighted by molar-refractivity contribution is -0.139. The first kappa shape index (κ1) is 27.9. The van der Waals surface area contributed by atoms with Gasteiger partial charge in [-0.25, -0.2) is 9.79 Å². The average molecular weight is 571 g/mol. The van der Waals surface area contributed by atoms with Gasteiger partial charge in [0, 0.05) is 11.1 Å². The second kappa shape index (κ2) is 11.5. The maximum atomic E-state index is 14.2. The van der Waals surface area contributed by atoms with Crippen LogP contribution in [-0.2, 0) is 16.0 Å². The van der Waals surface area contributed by atoms with Gasteiger partial charge in [0.05, 0.1) is 36.6 Å². The number of carbonyl (C=O) groups excluding carboxylic acids is 1. The van der Waals surface area contributed by atoms with E-state index in [1.54, 1.807) is 49.8 Å². The number of fused-ring (bicyclic) bond motifs is 2. The van der Waals surface area contributed by atoms with Crippen molar-refractivity contribution in [3.63, 3.8) is 0 Å². The molecule has 210 valence electrons. The topological polar surface area (TPSA) is 99.4 Å². The van der Waals surface area contributed by atoms with Crippen LogP contribution >= 0.6 is 11.3 Å². The lowest BCUT2D eigenvalue weighted by Gasteiger charge is -2.27. The molecule has 0 spiro atoms. The number of methoxy groups -OCH3 is 2. The first-order chi connectivity index (χ1) is 19.8. The number of phenolic OH excluding ortho intramolecular Hbond substituents is 1. The van der Waals surface area contributed by atoms with Gasteiger partial charge in [-0.1, -0.05) is 47.7 Å². The molecule has 0 aliphatic carbocycles. The Hall–Kier alpha value is -4.63. The van der Waals surface area contributed by atoms with Crippen LogP contribution < -0.4 is 24.4 Å². The fourth-order valence-electron chi connectivity index (χ4n) is 5.19. The second-order valence-corrected chi connectivity index (χ2v) is 10.4. The SMILES string of the molecule is C=CCc1cc(/C=c2/sc3n(c2=O)[C@H](c2c(OC)ccc4ccccc24)C(C(=O)OCC)=C(C)N=3)cc(OC)c1O. The number of hydrogen-bond acceptors (Lipinski definition) is 8. The molecule has 5 rings (SSSR count). The molecule has 0 saturated heterocycles. The van der Waals surface area contributed by atoms with Gasteiger partial charge in [0.25, 0.3) is 5.56 Å². The van der Waals surface area contributed by atoms with Crippen LogP contribution in [0.1, 0.15) is 36.6 Å². The fourth-order valence-corrected chi connectivity index (χ4v) is 6.24. The van der Waals surface area contributed by atoms with Gasteiger partial charge in [0.2, 0.25) is 0 Å². The fraction of sp³-hybridized carbons (Fsp3) is 0.219. The number of rotatable bonds is 8. The zero-order valence-electron chi connectivity index (χ0n) is 23.3. The smallest absolute Gasteiger partial charge is 0.338 e. The monoisotopic (exact) mass is 570 g/mol. The molecule has 0 unspecified atom stereocenters.